The van der Waals surface area contributed by atoms with Gasteiger partial charge in [0, 0.05) is 6.54 Å². The molecule has 0 spiro atoms. The molecule has 0 aromatic carbocycles. The largest absolute Gasteiger partial charge is 0.296 e. The molecule has 1 N–H and O–H groups in total. The molecule has 1 aliphatic rings. The zero-order valence-electron chi connectivity index (χ0n) is 11.6. The van der Waals surface area contributed by atoms with Gasteiger partial charge >= 0.3 is 0 Å². The number of hydrogen-bond acceptors (Lipinski definition) is 2. The van der Waals surface area contributed by atoms with Crippen molar-refractivity contribution in [3.05, 3.63) is 12.7 Å². The van der Waals surface area contributed by atoms with E-state index in [0.29, 0.717) is 5.41 Å². The molecule has 2 atom stereocenters. The summed E-state index contributed by atoms with van der Waals surface area (Å²) in [7, 11) is 0. The Morgan fingerprint density at radius 2 is 2.12 bits per heavy atom. The second kappa shape index (κ2) is 5.69. The maximum Gasteiger partial charge on any atom is 0.107 e. The summed E-state index contributed by atoms with van der Waals surface area (Å²) in [5.74, 6) is 0.739. The minimum Gasteiger partial charge on any atom is -0.296 e. The molecule has 0 heterocycles. The molecule has 1 saturated carbocycles. The van der Waals surface area contributed by atoms with Gasteiger partial charge in [0.05, 0.1) is 6.07 Å². The maximum absolute atomic E-state index is 9.44. The standard InChI is InChI=1S/C15H26N2/c1-5-11-17-15(12-16)9-6-7-13(8-10-15)14(2,3)4/h5,13,17H,1,6-11H2,2-4H3. The van der Waals surface area contributed by atoms with Gasteiger partial charge in [0.15, 0.2) is 0 Å². The van der Waals surface area contributed by atoms with E-state index in [-0.39, 0.29) is 5.54 Å². The van der Waals surface area contributed by atoms with E-state index in [1.54, 1.807) is 0 Å². The highest BCUT2D eigenvalue weighted by molar-refractivity contribution is 5.09. The van der Waals surface area contributed by atoms with E-state index in [1.807, 2.05) is 6.08 Å². The first-order chi connectivity index (χ1) is 7.93. The van der Waals surface area contributed by atoms with Gasteiger partial charge in [-0.15, -0.1) is 6.58 Å². The van der Waals surface area contributed by atoms with Gasteiger partial charge in [-0.1, -0.05) is 33.3 Å². The zero-order chi connectivity index (χ0) is 12.9. The summed E-state index contributed by atoms with van der Waals surface area (Å²) < 4.78 is 0. The zero-order valence-corrected chi connectivity index (χ0v) is 11.6. The summed E-state index contributed by atoms with van der Waals surface area (Å²) in [5, 5.41) is 12.8. The van der Waals surface area contributed by atoms with Gasteiger partial charge in [-0.3, -0.25) is 5.32 Å². The van der Waals surface area contributed by atoms with Crippen LogP contribution in [0, 0.1) is 22.7 Å². The van der Waals surface area contributed by atoms with E-state index in [0.717, 1.165) is 38.1 Å². The molecule has 1 aliphatic carbocycles. The first kappa shape index (κ1) is 14.3. The lowest BCUT2D eigenvalue weighted by molar-refractivity contribution is 0.211. The third kappa shape index (κ3) is 3.85. The summed E-state index contributed by atoms with van der Waals surface area (Å²) in [4.78, 5) is 0. The third-order valence-corrected chi connectivity index (χ3v) is 4.10. The maximum atomic E-state index is 9.44. The fourth-order valence-electron chi connectivity index (χ4n) is 2.80. The lowest BCUT2D eigenvalue weighted by Gasteiger charge is -2.30. The number of nitrogens with one attached hydrogen (secondary N) is 1. The Hall–Kier alpha value is -0.810. The quantitative estimate of drug-likeness (QED) is 0.597. The Kier molecular flexibility index (Phi) is 4.77. The van der Waals surface area contributed by atoms with Gasteiger partial charge in [-0.05, 0) is 37.0 Å². The summed E-state index contributed by atoms with van der Waals surface area (Å²) in [6.45, 7) is 11.4. The Balaban J connectivity index is 2.68. The van der Waals surface area contributed by atoms with Crippen LogP contribution in [-0.4, -0.2) is 12.1 Å². The summed E-state index contributed by atoms with van der Waals surface area (Å²) in [6.07, 6.45) is 7.35. The van der Waals surface area contributed by atoms with Crippen LogP contribution in [-0.2, 0) is 0 Å². The van der Waals surface area contributed by atoms with Crippen LogP contribution in [0.4, 0.5) is 0 Å². The van der Waals surface area contributed by atoms with Gasteiger partial charge in [0.1, 0.15) is 5.54 Å². The van der Waals surface area contributed by atoms with Crippen LogP contribution >= 0.6 is 0 Å². The average Bonchev–Trinajstić information content (AvgIpc) is 2.49. The highest BCUT2D eigenvalue weighted by Crippen LogP contribution is 2.39. The van der Waals surface area contributed by atoms with Crippen molar-refractivity contribution in [2.45, 2.75) is 58.4 Å². The van der Waals surface area contributed by atoms with Gasteiger partial charge in [0.25, 0.3) is 0 Å². The Morgan fingerprint density at radius 1 is 1.41 bits per heavy atom. The van der Waals surface area contributed by atoms with Gasteiger partial charge < -0.3 is 0 Å². The molecule has 2 unspecified atom stereocenters. The Bertz CT molecular complexity index is 295. The van der Waals surface area contributed by atoms with E-state index < -0.39 is 0 Å². The van der Waals surface area contributed by atoms with E-state index in [9.17, 15) is 5.26 Å². The summed E-state index contributed by atoms with van der Waals surface area (Å²) in [5.41, 5.74) is 0.0537. The van der Waals surface area contributed by atoms with Crippen LogP contribution in [0.2, 0.25) is 0 Å². The van der Waals surface area contributed by atoms with Crippen LogP contribution < -0.4 is 5.32 Å². The Morgan fingerprint density at radius 3 is 2.65 bits per heavy atom. The second-order valence-electron chi connectivity index (χ2n) is 6.36. The molecule has 0 bridgehead atoms. The second-order valence-corrected chi connectivity index (χ2v) is 6.36. The lowest BCUT2D eigenvalue weighted by Crippen LogP contribution is -2.43. The molecule has 0 amide bonds. The topological polar surface area (TPSA) is 35.8 Å². The Labute approximate surface area is 106 Å². The van der Waals surface area contributed by atoms with Crippen LogP contribution in [0.25, 0.3) is 0 Å². The monoisotopic (exact) mass is 234 g/mol. The first-order valence-electron chi connectivity index (χ1n) is 6.71. The van der Waals surface area contributed by atoms with Crippen molar-refractivity contribution < 1.29 is 0 Å². The molecule has 2 heteroatoms. The molecule has 17 heavy (non-hydrogen) atoms. The first-order valence-corrected chi connectivity index (χ1v) is 6.71. The minimum absolute atomic E-state index is 0.311. The fraction of sp³-hybridized carbons (Fsp3) is 0.800. The normalized spacial score (nSPS) is 30.4. The van der Waals surface area contributed by atoms with Crippen molar-refractivity contribution in [2.24, 2.45) is 11.3 Å². The average molecular weight is 234 g/mol. The highest BCUT2D eigenvalue weighted by atomic mass is 15.0. The number of rotatable bonds is 3. The van der Waals surface area contributed by atoms with E-state index in [2.05, 4.69) is 38.7 Å². The highest BCUT2D eigenvalue weighted by Gasteiger charge is 2.35. The molecular weight excluding hydrogens is 208 g/mol. The van der Waals surface area contributed by atoms with Crippen molar-refractivity contribution >= 4 is 0 Å². The predicted octanol–water partition coefficient (Wildman–Crippen LogP) is 3.65. The lowest BCUT2D eigenvalue weighted by atomic mass is 9.76. The SMILES string of the molecule is C=CCNC1(C#N)CCCC(C(C)(C)C)CC1. The number of hydrogen-bond donors (Lipinski definition) is 1. The van der Waals surface area contributed by atoms with E-state index in [1.165, 1.54) is 6.42 Å². The van der Waals surface area contributed by atoms with Crippen molar-refractivity contribution in [1.29, 1.82) is 5.26 Å². The third-order valence-electron chi connectivity index (χ3n) is 4.10. The number of nitriles is 1. The summed E-state index contributed by atoms with van der Waals surface area (Å²) >= 11 is 0. The molecular formula is C15H26N2. The van der Waals surface area contributed by atoms with Crippen LogP contribution in [0.3, 0.4) is 0 Å². The van der Waals surface area contributed by atoms with E-state index in [4.69, 9.17) is 0 Å². The molecule has 96 valence electrons. The molecule has 0 aromatic rings. The van der Waals surface area contributed by atoms with Gasteiger partial charge in [-0.2, -0.15) is 5.26 Å². The summed E-state index contributed by atoms with van der Waals surface area (Å²) in [6, 6.07) is 2.51. The number of nitrogens with zero attached hydrogens (tertiary/aromatic N) is 1. The molecule has 0 radical (unpaired) electrons. The molecule has 0 saturated heterocycles. The van der Waals surface area contributed by atoms with Crippen LogP contribution in [0.1, 0.15) is 52.9 Å². The predicted molar refractivity (Wildman–Crippen MR) is 72.6 cm³/mol. The molecule has 1 rings (SSSR count). The van der Waals surface area contributed by atoms with Crippen LogP contribution in [0.15, 0.2) is 12.7 Å². The van der Waals surface area contributed by atoms with Crippen LogP contribution in [0.5, 0.6) is 0 Å². The smallest absolute Gasteiger partial charge is 0.107 e. The van der Waals surface area contributed by atoms with Crippen molar-refractivity contribution in [3.8, 4) is 6.07 Å². The molecule has 1 fully saturated rings. The van der Waals surface area contributed by atoms with Crippen molar-refractivity contribution in [1.82, 2.24) is 5.32 Å². The minimum atomic E-state index is -0.311. The van der Waals surface area contributed by atoms with Gasteiger partial charge in [-0.25, -0.2) is 0 Å². The van der Waals surface area contributed by atoms with Crippen molar-refractivity contribution in [3.63, 3.8) is 0 Å². The van der Waals surface area contributed by atoms with E-state index >= 15 is 0 Å². The fourth-order valence-corrected chi connectivity index (χ4v) is 2.80. The van der Waals surface area contributed by atoms with Crippen molar-refractivity contribution in [2.75, 3.05) is 6.54 Å². The van der Waals surface area contributed by atoms with Gasteiger partial charge in [0.2, 0.25) is 0 Å². The molecule has 0 aromatic heterocycles. The molecule has 2 nitrogen and oxygen atoms in total. The molecule has 0 aliphatic heterocycles.